The average Bonchev–Trinajstić information content (AvgIpc) is 2.20. The van der Waals surface area contributed by atoms with E-state index in [-0.39, 0.29) is 17.1 Å². The van der Waals surface area contributed by atoms with Gasteiger partial charge in [-0.05, 0) is 47.0 Å². The molecule has 0 heterocycles. The highest BCUT2D eigenvalue weighted by Gasteiger charge is 2.17. The van der Waals surface area contributed by atoms with Crippen molar-refractivity contribution in [2.24, 2.45) is 5.73 Å². The number of phenolic OH excluding ortho intramolecular Hbond substituents is 1. The van der Waals surface area contributed by atoms with Crippen LogP contribution in [0.3, 0.4) is 0 Å². The highest BCUT2D eigenvalue weighted by Crippen LogP contribution is 2.30. The quantitative estimate of drug-likeness (QED) is 0.829. The van der Waals surface area contributed by atoms with Gasteiger partial charge in [-0.25, -0.2) is 0 Å². The molecule has 82 valence electrons. The Bertz CT molecular complexity index is 388. The molecule has 0 radical (unpaired) electrons. The third kappa shape index (κ3) is 2.58. The molecular formula is C11H14BrNO2. The average molecular weight is 272 g/mol. The first kappa shape index (κ1) is 12.2. The van der Waals surface area contributed by atoms with Crippen LogP contribution >= 0.6 is 15.9 Å². The van der Waals surface area contributed by atoms with Crippen molar-refractivity contribution in [3.05, 3.63) is 27.7 Å². The molecule has 0 spiro atoms. The first-order chi connectivity index (χ1) is 6.97. The molecule has 0 saturated heterocycles. The summed E-state index contributed by atoms with van der Waals surface area (Å²) in [5, 5.41) is 9.71. The predicted octanol–water partition coefficient (Wildman–Crippen LogP) is 2.25. The smallest absolute Gasteiger partial charge is 0.182 e. The number of phenols is 1. The van der Waals surface area contributed by atoms with Crippen LogP contribution in [0, 0.1) is 0 Å². The normalized spacial score (nSPS) is 12.5. The Hall–Kier alpha value is -0.870. The molecule has 0 bridgehead atoms. The van der Waals surface area contributed by atoms with Gasteiger partial charge in [-0.3, -0.25) is 4.79 Å². The number of nitrogens with two attached hydrogens (primary N) is 1. The summed E-state index contributed by atoms with van der Waals surface area (Å²) < 4.78 is 0.533. The Morgan fingerprint density at radius 2 is 2.20 bits per heavy atom. The number of rotatable bonds is 3. The maximum absolute atomic E-state index is 11.7. The van der Waals surface area contributed by atoms with E-state index in [2.05, 4.69) is 15.9 Å². The van der Waals surface area contributed by atoms with Crippen molar-refractivity contribution in [3.63, 3.8) is 0 Å². The largest absolute Gasteiger partial charge is 0.506 e. The monoisotopic (exact) mass is 271 g/mol. The maximum Gasteiger partial charge on any atom is 0.182 e. The van der Waals surface area contributed by atoms with Gasteiger partial charge in [-0.15, -0.1) is 0 Å². The van der Waals surface area contributed by atoms with E-state index in [1.54, 1.807) is 19.1 Å². The van der Waals surface area contributed by atoms with Gasteiger partial charge in [-0.1, -0.05) is 6.92 Å². The second-order valence-corrected chi connectivity index (χ2v) is 4.33. The lowest BCUT2D eigenvalue weighted by Gasteiger charge is -2.10. The van der Waals surface area contributed by atoms with Gasteiger partial charge in [0.2, 0.25) is 0 Å². The zero-order chi connectivity index (χ0) is 11.6. The summed E-state index contributed by atoms with van der Waals surface area (Å²) in [6, 6.07) is 2.88. The molecule has 0 aliphatic carbocycles. The first-order valence-corrected chi connectivity index (χ1v) is 5.57. The summed E-state index contributed by atoms with van der Waals surface area (Å²) in [5.74, 6) is -0.280. The Morgan fingerprint density at radius 3 is 2.67 bits per heavy atom. The Kier molecular flexibility index (Phi) is 3.88. The number of aryl methyl sites for hydroxylation is 1. The van der Waals surface area contributed by atoms with Crippen molar-refractivity contribution >= 4 is 21.7 Å². The summed E-state index contributed by atoms with van der Waals surface area (Å²) in [4.78, 5) is 11.7. The van der Waals surface area contributed by atoms with Gasteiger partial charge in [0, 0.05) is 0 Å². The molecule has 4 heteroatoms. The summed E-state index contributed by atoms with van der Waals surface area (Å²) in [6.45, 7) is 3.59. The number of hydrogen-bond donors (Lipinski definition) is 2. The molecule has 1 aromatic rings. The van der Waals surface area contributed by atoms with Crippen molar-refractivity contribution in [1.29, 1.82) is 0 Å². The number of hydrogen-bond acceptors (Lipinski definition) is 3. The van der Waals surface area contributed by atoms with Crippen LogP contribution in [0.25, 0.3) is 0 Å². The van der Waals surface area contributed by atoms with E-state index in [1.807, 2.05) is 6.92 Å². The second kappa shape index (κ2) is 4.77. The number of Topliss-reactive ketones (excluding diaryl/α,β-unsaturated/α-hetero) is 1. The number of carbonyl (C=O) groups excluding carboxylic acids is 1. The number of aromatic hydroxyl groups is 1. The van der Waals surface area contributed by atoms with Gasteiger partial charge in [0.15, 0.2) is 5.78 Å². The van der Waals surface area contributed by atoms with E-state index in [0.717, 1.165) is 12.0 Å². The van der Waals surface area contributed by atoms with Gasteiger partial charge in [-0.2, -0.15) is 0 Å². The molecule has 0 aliphatic rings. The standard InChI is InChI=1S/C11H14BrNO2/c1-3-7-4-8(10(14)6(2)13)11(15)9(12)5-7/h4-6,15H,3,13H2,1-2H3. The minimum absolute atomic E-state index is 0.0329. The van der Waals surface area contributed by atoms with Crippen molar-refractivity contribution in [2.45, 2.75) is 26.3 Å². The Labute approximate surface area is 97.4 Å². The van der Waals surface area contributed by atoms with E-state index in [0.29, 0.717) is 4.47 Å². The molecule has 1 unspecified atom stereocenters. The van der Waals surface area contributed by atoms with E-state index in [4.69, 9.17) is 5.73 Å². The lowest BCUT2D eigenvalue weighted by Crippen LogP contribution is -2.26. The second-order valence-electron chi connectivity index (χ2n) is 3.48. The van der Waals surface area contributed by atoms with Crippen LogP contribution in [0.5, 0.6) is 5.75 Å². The molecule has 0 aliphatic heterocycles. The highest BCUT2D eigenvalue weighted by molar-refractivity contribution is 9.10. The van der Waals surface area contributed by atoms with E-state index in [9.17, 15) is 9.90 Å². The fourth-order valence-corrected chi connectivity index (χ4v) is 1.80. The lowest BCUT2D eigenvalue weighted by atomic mass is 10.0. The minimum Gasteiger partial charge on any atom is -0.506 e. The summed E-state index contributed by atoms with van der Waals surface area (Å²) >= 11 is 3.21. The molecule has 1 atom stereocenters. The van der Waals surface area contributed by atoms with Gasteiger partial charge >= 0.3 is 0 Å². The molecule has 0 fully saturated rings. The van der Waals surface area contributed by atoms with Crippen molar-refractivity contribution in [1.82, 2.24) is 0 Å². The topological polar surface area (TPSA) is 63.3 Å². The number of benzene rings is 1. The van der Waals surface area contributed by atoms with Crippen LogP contribution in [-0.2, 0) is 6.42 Å². The fourth-order valence-electron chi connectivity index (χ4n) is 1.29. The Morgan fingerprint density at radius 1 is 1.60 bits per heavy atom. The first-order valence-electron chi connectivity index (χ1n) is 4.78. The van der Waals surface area contributed by atoms with Gasteiger partial charge in [0.25, 0.3) is 0 Å². The summed E-state index contributed by atoms with van der Waals surface area (Å²) in [5.41, 5.74) is 6.78. The molecule has 1 rings (SSSR count). The van der Waals surface area contributed by atoms with Gasteiger partial charge in [0.1, 0.15) is 5.75 Å². The molecule has 0 saturated carbocycles. The lowest BCUT2D eigenvalue weighted by molar-refractivity contribution is 0.0965. The molecular weight excluding hydrogens is 258 g/mol. The van der Waals surface area contributed by atoms with Crippen LogP contribution in [0.2, 0.25) is 0 Å². The van der Waals surface area contributed by atoms with Gasteiger partial charge in [0.05, 0.1) is 16.1 Å². The predicted molar refractivity (Wildman–Crippen MR) is 63.2 cm³/mol. The summed E-state index contributed by atoms with van der Waals surface area (Å²) in [7, 11) is 0. The number of halogens is 1. The van der Waals surface area contributed by atoms with Gasteiger partial charge < -0.3 is 10.8 Å². The molecule has 3 N–H and O–H groups in total. The van der Waals surface area contributed by atoms with Crippen LogP contribution in [0.15, 0.2) is 16.6 Å². The summed E-state index contributed by atoms with van der Waals surface area (Å²) in [6.07, 6.45) is 0.804. The molecule has 15 heavy (non-hydrogen) atoms. The van der Waals surface area contributed by atoms with E-state index in [1.165, 1.54) is 0 Å². The number of carbonyl (C=O) groups is 1. The van der Waals surface area contributed by atoms with Crippen LogP contribution in [0.4, 0.5) is 0 Å². The zero-order valence-electron chi connectivity index (χ0n) is 8.75. The van der Waals surface area contributed by atoms with Crippen LogP contribution in [0.1, 0.15) is 29.8 Å². The van der Waals surface area contributed by atoms with Crippen molar-refractivity contribution < 1.29 is 9.90 Å². The van der Waals surface area contributed by atoms with Crippen LogP contribution < -0.4 is 5.73 Å². The molecule has 1 aromatic carbocycles. The van der Waals surface area contributed by atoms with Crippen LogP contribution in [-0.4, -0.2) is 16.9 Å². The van der Waals surface area contributed by atoms with Crippen molar-refractivity contribution in [3.8, 4) is 5.75 Å². The maximum atomic E-state index is 11.7. The highest BCUT2D eigenvalue weighted by atomic mass is 79.9. The molecule has 0 aromatic heterocycles. The minimum atomic E-state index is -0.602. The SMILES string of the molecule is CCc1cc(Br)c(O)c(C(=O)C(C)N)c1. The molecule has 0 amide bonds. The Balaban J connectivity index is 3.27. The van der Waals surface area contributed by atoms with E-state index >= 15 is 0 Å². The van der Waals surface area contributed by atoms with Crippen molar-refractivity contribution in [2.75, 3.05) is 0 Å². The number of ketones is 1. The third-order valence-corrected chi connectivity index (χ3v) is 2.81. The van der Waals surface area contributed by atoms with E-state index < -0.39 is 6.04 Å². The fraction of sp³-hybridized carbons (Fsp3) is 0.364. The molecule has 3 nitrogen and oxygen atoms in total. The third-order valence-electron chi connectivity index (χ3n) is 2.21. The zero-order valence-corrected chi connectivity index (χ0v) is 10.3.